The second-order valence-electron chi connectivity index (χ2n) is 5.54. The number of hydrogen-bond acceptors (Lipinski definition) is 4. The van der Waals surface area contributed by atoms with Crippen LogP contribution >= 0.6 is 0 Å². The molecule has 0 aromatic carbocycles. The molecule has 0 aromatic heterocycles. The summed E-state index contributed by atoms with van der Waals surface area (Å²) in [6.45, 7) is 0. The van der Waals surface area contributed by atoms with Crippen LogP contribution in [0.1, 0.15) is 44.9 Å². The lowest BCUT2D eigenvalue weighted by Gasteiger charge is -2.25. The van der Waals surface area contributed by atoms with Gasteiger partial charge in [0.1, 0.15) is 11.9 Å². The summed E-state index contributed by atoms with van der Waals surface area (Å²) in [4.78, 5) is 23.3. The van der Waals surface area contributed by atoms with Crippen LogP contribution in [-0.2, 0) is 9.59 Å². The van der Waals surface area contributed by atoms with Crippen molar-refractivity contribution in [1.29, 1.82) is 0 Å². The van der Waals surface area contributed by atoms with Crippen LogP contribution in [0, 0.1) is 5.92 Å². The Labute approximate surface area is 107 Å². The number of nitrogens with two attached hydrogens (primary N) is 1. The van der Waals surface area contributed by atoms with E-state index in [1.165, 1.54) is 0 Å². The van der Waals surface area contributed by atoms with Gasteiger partial charge in [-0.2, -0.15) is 0 Å². The molecule has 2 aliphatic rings. The van der Waals surface area contributed by atoms with Crippen molar-refractivity contribution in [2.75, 3.05) is 0 Å². The van der Waals surface area contributed by atoms with Gasteiger partial charge in [0.25, 0.3) is 5.91 Å². The number of ketones is 1. The molecule has 0 radical (unpaired) electrons. The number of amides is 1. The third-order valence-electron chi connectivity index (χ3n) is 3.84. The van der Waals surface area contributed by atoms with Crippen LogP contribution in [0.25, 0.3) is 0 Å². The highest BCUT2D eigenvalue weighted by Gasteiger charge is 2.32. The van der Waals surface area contributed by atoms with E-state index in [0.717, 1.165) is 32.1 Å². The van der Waals surface area contributed by atoms with E-state index in [-0.39, 0.29) is 17.7 Å². The maximum Gasteiger partial charge on any atom is 0.250 e. The van der Waals surface area contributed by atoms with E-state index in [1.54, 1.807) is 0 Å². The number of nitrogens with one attached hydrogen (secondary N) is 1. The highest BCUT2D eigenvalue weighted by atomic mass is 16.3. The number of carbonyl (C=O) groups excluding carboxylic acids is 2. The zero-order chi connectivity index (χ0) is 13.1. The lowest BCUT2D eigenvalue weighted by molar-refractivity contribution is -0.132. The predicted molar refractivity (Wildman–Crippen MR) is 66.7 cm³/mol. The summed E-state index contributed by atoms with van der Waals surface area (Å²) in [5, 5.41) is 12.6. The molecule has 0 spiro atoms. The molecule has 3 atom stereocenters. The second kappa shape index (κ2) is 5.80. The summed E-state index contributed by atoms with van der Waals surface area (Å²) in [6.07, 6.45) is 4.62. The quantitative estimate of drug-likeness (QED) is 0.649. The van der Waals surface area contributed by atoms with Gasteiger partial charge in [0.05, 0.1) is 0 Å². The van der Waals surface area contributed by atoms with Gasteiger partial charge in [0, 0.05) is 24.4 Å². The molecule has 5 nitrogen and oxygen atoms in total. The van der Waals surface area contributed by atoms with Crippen molar-refractivity contribution in [2.24, 2.45) is 11.7 Å². The van der Waals surface area contributed by atoms with Crippen LogP contribution in [0.5, 0.6) is 0 Å². The van der Waals surface area contributed by atoms with E-state index in [4.69, 9.17) is 5.73 Å². The van der Waals surface area contributed by atoms with Gasteiger partial charge >= 0.3 is 0 Å². The fourth-order valence-electron chi connectivity index (χ4n) is 2.47. The van der Waals surface area contributed by atoms with Crippen LogP contribution < -0.4 is 11.1 Å². The zero-order valence-electron chi connectivity index (χ0n) is 10.6. The smallest absolute Gasteiger partial charge is 0.250 e. The Morgan fingerprint density at radius 3 is 2.72 bits per heavy atom. The number of rotatable bonds is 5. The van der Waals surface area contributed by atoms with Crippen LogP contribution in [0.4, 0.5) is 0 Å². The Balaban J connectivity index is 1.79. The van der Waals surface area contributed by atoms with Crippen molar-refractivity contribution in [3.63, 3.8) is 0 Å². The van der Waals surface area contributed by atoms with Crippen molar-refractivity contribution < 1.29 is 14.7 Å². The van der Waals surface area contributed by atoms with Gasteiger partial charge in [0.15, 0.2) is 0 Å². The normalized spacial score (nSPS) is 27.7. The van der Waals surface area contributed by atoms with Crippen molar-refractivity contribution in [1.82, 2.24) is 5.32 Å². The van der Waals surface area contributed by atoms with Gasteiger partial charge in [-0.25, -0.2) is 0 Å². The van der Waals surface area contributed by atoms with Gasteiger partial charge in [-0.05, 0) is 32.1 Å². The molecule has 2 fully saturated rings. The molecule has 2 saturated carbocycles. The third-order valence-corrected chi connectivity index (χ3v) is 3.84. The summed E-state index contributed by atoms with van der Waals surface area (Å²) in [6, 6.07) is -0.425. The Kier molecular flexibility index (Phi) is 4.35. The van der Waals surface area contributed by atoms with Gasteiger partial charge in [-0.15, -0.1) is 0 Å². The minimum absolute atomic E-state index is 0.0721. The number of Topliss-reactive ketones (excluding diaryl/α,β-unsaturated/α-hetero) is 1. The van der Waals surface area contributed by atoms with Crippen molar-refractivity contribution in [2.45, 2.75) is 63.1 Å². The summed E-state index contributed by atoms with van der Waals surface area (Å²) in [7, 11) is 0. The first-order valence-corrected chi connectivity index (χ1v) is 6.84. The fourth-order valence-corrected chi connectivity index (χ4v) is 2.47. The highest BCUT2D eigenvalue weighted by Crippen LogP contribution is 2.25. The van der Waals surface area contributed by atoms with Crippen LogP contribution in [0.2, 0.25) is 0 Å². The molecular weight excluding hydrogens is 232 g/mol. The maximum absolute atomic E-state index is 11.7. The molecule has 102 valence electrons. The minimum Gasteiger partial charge on any atom is -0.382 e. The van der Waals surface area contributed by atoms with E-state index >= 15 is 0 Å². The van der Waals surface area contributed by atoms with Crippen LogP contribution in [0.3, 0.4) is 0 Å². The molecular formula is C13H22N2O3. The second-order valence-corrected chi connectivity index (χ2v) is 5.54. The molecule has 0 aromatic rings. The molecule has 4 N–H and O–H groups in total. The molecule has 2 rings (SSSR count). The monoisotopic (exact) mass is 254 g/mol. The molecule has 0 saturated heterocycles. The lowest BCUT2D eigenvalue weighted by Crippen LogP contribution is -2.48. The number of aliphatic hydroxyl groups excluding tert-OH is 1. The topological polar surface area (TPSA) is 92.4 Å². The Bertz CT molecular complexity index is 328. The van der Waals surface area contributed by atoms with Gasteiger partial charge in [-0.3, -0.25) is 9.59 Å². The summed E-state index contributed by atoms with van der Waals surface area (Å²) in [5.41, 5.74) is 5.84. The summed E-state index contributed by atoms with van der Waals surface area (Å²) < 4.78 is 0. The SMILES string of the molecule is N[C@@H](C[C@@H]1CCCCC1=O)C(O)C(=O)NC1CC1. The van der Waals surface area contributed by atoms with E-state index in [0.29, 0.717) is 12.8 Å². The lowest BCUT2D eigenvalue weighted by atomic mass is 9.83. The Morgan fingerprint density at radius 2 is 2.11 bits per heavy atom. The maximum atomic E-state index is 11.7. The Hall–Kier alpha value is -0.940. The van der Waals surface area contributed by atoms with Crippen LogP contribution in [-0.4, -0.2) is 35.0 Å². The van der Waals surface area contributed by atoms with E-state index in [1.807, 2.05) is 0 Å². The average molecular weight is 254 g/mol. The molecule has 0 heterocycles. The number of carbonyl (C=O) groups is 2. The van der Waals surface area contributed by atoms with Gasteiger partial charge < -0.3 is 16.2 Å². The van der Waals surface area contributed by atoms with E-state index in [9.17, 15) is 14.7 Å². The standard InChI is InChI=1S/C13H22N2O3/c14-10(7-8-3-1-2-4-11(8)16)12(17)13(18)15-9-5-6-9/h8-10,12,17H,1-7,14H2,(H,15,18)/t8-,10-,12?/m0/s1. The van der Waals surface area contributed by atoms with Gasteiger partial charge in [-0.1, -0.05) is 6.42 Å². The molecule has 1 unspecified atom stereocenters. The zero-order valence-corrected chi connectivity index (χ0v) is 10.6. The molecule has 1 amide bonds. The van der Waals surface area contributed by atoms with E-state index in [2.05, 4.69) is 5.32 Å². The first-order chi connectivity index (χ1) is 8.58. The van der Waals surface area contributed by atoms with Crippen molar-refractivity contribution in [3.05, 3.63) is 0 Å². The number of hydrogen-bond donors (Lipinski definition) is 3. The van der Waals surface area contributed by atoms with Crippen molar-refractivity contribution in [3.8, 4) is 0 Å². The predicted octanol–water partition coefficient (Wildman–Crippen LogP) is 0.103. The van der Waals surface area contributed by atoms with Gasteiger partial charge in [0.2, 0.25) is 0 Å². The number of aliphatic hydroxyl groups is 1. The fraction of sp³-hybridized carbons (Fsp3) is 0.846. The van der Waals surface area contributed by atoms with E-state index < -0.39 is 18.1 Å². The van der Waals surface area contributed by atoms with Crippen molar-refractivity contribution >= 4 is 11.7 Å². The molecule has 2 aliphatic carbocycles. The molecule has 0 bridgehead atoms. The Morgan fingerprint density at radius 1 is 1.39 bits per heavy atom. The largest absolute Gasteiger partial charge is 0.382 e. The first kappa shape index (κ1) is 13.5. The van der Waals surface area contributed by atoms with Crippen LogP contribution in [0.15, 0.2) is 0 Å². The molecule has 5 heteroatoms. The summed E-state index contributed by atoms with van der Waals surface area (Å²) in [5.74, 6) is -0.239. The molecule has 0 aliphatic heterocycles. The first-order valence-electron chi connectivity index (χ1n) is 6.84. The minimum atomic E-state index is -1.19. The highest BCUT2D eigenvalue weighted by molar-refractivity contribution is 5.83. The third kappa shape index (κ3) is 3.53. The average Bonchev–Trinajstić information content (AvgIpc) is 3.15. The molecule has 18 heavy (non-hydrogen) atoms. The summed E-state index contributed by atoms with van der Waals surface area (Å²) >= 11 is 0.